The summed E-state index contributed by atoms with van der Waals surface area (Å²) in [5.74, 6) is 0.986. The molecule has 0 fully saturated rings. The molecule has 0 saturated heterocycles. The first-order valence-electron chi connectivity index (χ1n) is 6.98. The fourth-order valence-electron chi connectivity index (χ4n) is 2.40. The van der Waals surface area contributed by atoms with Crippen LogP contribution in [0.1, 0.15) is 47.4 Å². The summed E-state index contributed by atoms with van der Waals surface area (Å²) in [6.07, 6.45) is 2.85. The first-order valence-corrected chi connectivity index (χ1v) is 6.98. The molecule has 0 bridgehead atoms. The first-order chi connectivity index (χ1) is 9.13. The lowest BCUT2D eigenvalue weighted by Crippen LogP contribution is -2.23. The van der Waals surface area contributed by atoms with E-state index in [1.807, 2.05) is 12.1 Å². The summed E-state index contributed by atoms with van der Waals surface area (Å²) in [5.41, 5.74) is 5.30. The van der Waals surface area contributed by atoms with E-state index in [-0.39, 0.29) is 6.04 Å². The van der Waals surface area contributed by atoms with E-state index < -0.39 is 0 Å². The van der Waals surface area contributed by atoms with Gasteiger partial charge in [-0.1, -0.05) is 19.1 Å². The maximum atomic E-state index is 5.61. The molecule has 102 valence electrons. The van der Waals surface area contributed by atoms with Gasteiger partial charge in [-0.2, -0.15) is 0 Å². The number of benzene rings is 1. The summed E-state index contributed by atoms with van der Waals surface area (Å²) >= 11 is 0. The third-order valence-electron chi connectivity index (χ3n) is 3.62. The number of nitrogens with one attached hydrogen (secondary N) is 1. The molecule has 0 aliphatic heterocycles. The number of hydrogen-bond acceptors (Lipinski definition) is 2. The molecule has 1 atom stereocenters. The molecule has 0 aliphatic rings. The summed E-state index contributed by atoms with van der Waals surface area (Å²) in [6, 6.07) is 8.68. The fraction of sp³-hybridized carbons (Fsp3) is 0.412. The number of aryl methyl sites for hydroxylation is 3. The van der Waals surface area contributed by atoms with Crippen LogP contribution in [0, 0.1) is 20.8 Å². The van der Waals surface area contributed by atoms with Crippen molar-refractivity contribution in [3.05, 3.63) is 58.5 Å². The van der Waals surface area contributed by atoms with Crippen LogP contribution in [-0.2, 0) is 0 Å². The second kappa shape index (κ2) is 6.07. The summed E-state index contributed by atoms with van der Waals surface area (Å²) in [4.78, 5) is 0. The highest BCUT2D eigenvalue weighted by molar-refractivity contribution is 5.40. The molecule has 1 unspecified atom stereocenters. The molecule has 0 spiro atoms. The van der Waals surface area contributed by atoms with E-state index in [9.17, 15) is 0 Å². The van der Waals surface area contributed by atoms with Gasteiger partial charge in [-0.25, -0.2) is 0 Å². The van der Waals surface area contributed by atoms with Crippen molar-refractivity contribution in [2.24, 2.45) is 0 Å². The minimum atomic E-state index is 0.147. The molecule has 2 aromatic rings. The quantitative estimate of drug-likeness (QED) is 0.864. The van der Waals surface area contributed by atoms with E-state index in [2.05, 4.69) is 45.1 Å². The Labute approximate surface area is 115 Å². The van der Waals surface area contributed by atoms with Crippen LogP contribution in [0.25, 0.3) is 0 Å². The number of furan rings is 1. The van der Waals surface area contributed by atoms with Gasteiger partial charge in [-0.15, -0.1) is 0 Å². The monoisotopic (exact) mass is 257 g/mol. The first kappa shape index (κ1) is 13.9. The largest absolute Gasteiger partial charge is 0.467 e. The van der Waals surface area contributed by atoms with Crippen LogP contribution >= 0.6 is 0 Å². The molecule has 19 heavy (non-hydrogen) atoms. The molecule has 2 heteroatoms. The standard InChI is InChI=1S/C17H23NO/c1-5-8-18-17(16-7-6-9-19-16)15-11-13(3)12(2)10-14(15)4/h6-7,9-11,17-18H,5,8H2,1-4H3. The topological polar surface area (TPSA) is 25.2 Å². The van der Waals surface area contributed by atoms with Gasteiger partial charge in [0.2, 0.25) is 0 Å². The van der Waals surface area contributed by atoms with E-state index in [1.165, 1.54) is 22.3 Å². The molecule has 1 heterocycles. The minimum Gasteiger partial charge on any atom is -0.467 e. The molecule has 1 aromatic heterocycles. The van der Waals surface area contributed by atoms with Crippen LogP contribution in [0.3, 0.4) is 0 Å². The summed E-state index contributed by atoms with van der Waals surface area (Å²) in [6.45, 7) is 9.66. The SMILES string of the molecule is CCCNC(c1ccco1)c1cc(C)c(C)cc1C. The normalized spacial score (nSPS) is 12.6. The van der Waals surface area contributed by atoms with E-state index >= 15 is 0 Å². The van der Waals surface area contributed by atoms with Gasteiger partial charge in [-0.05, 0) is 68.1 Å². The molecule has 0 radical (unpaired) electrons. The summed E-state index contributed by atoms with van der Waals surface area (Å²) in [7, 11) is 0. The Balaban J connectivity index is 2.40. The molecule has 0 amide bonds. The fourth-order valence-corrected chi connectivity index (χ4v) is 2.40. The number of hydrogen-bond donors (Lipinski definition) is 1. The molecule has 0 saturated carbocycles. The van der Waals surface area contributed by atoms with Crippen molar-refractivity contribution in [1.82, 2.24) is 5.32 Å². The molecule has 1 aromatic carbocycles. The second-order valence-corrected chi connectivity index (χ2v) is 5.20. The van der Waals surface area contributed by atoms with E-state index in [1.54, 1.807) is 6.26 Å². The molecule has 0 aliphatic carbocycles. The highest BCUT2D eigenvalue weighted by Gasteiger charge is 2.18. The third-order valence-corrected chi connectivity index (χ3v) is 3.62. The van der Waals surface area contributed by atoms with Gasteiger partial charge in [0.25, 0.3) is 0 Å². The Morgan fingerprint density at radius 3 is 2.47 bits per heavy atom. The van der Waals surface area contributed by atoms with Gasteiger partial charge in [0.15, 0.2) is 0 Å². The van der Waals surface area contributed by atoms with Crippen LogP contribution < -0.4 is 5.32 Å². The van der Waals surface area contributed by atoms with Crippen LogP contribution in [0.15, 0.2) is 34.9 Å². The zero-order chi connectivity index (χ0) is 13.8. The second-order valence-electron chi connectivity index (χ2n) is 5.20. The van der Waals surface area contributed by atoms with Crippen molar-refractivity contribution in [3.63, 3.8) is 0 Å². The molecule has 1 N–H and O–H groups in total. The maximum Gasteiger partial charge on any atom is 0.125 e. The van der Waals surface area contributed by atoms with Crippen molar-refractivity contribution in [2.45, 2.75) is 40.2 Å². The van der Waals surface area contributed by atoms with Crippen molar-refractivity contribution < 1.29 is 4.42 Å². The van der Waals surface area contributed by atoms with Gasteiger partial charge >= 0.3 is 0 Å². The van der Waals surface area contributed by atoms with Crippen molar-refractivity contribution in [1.29, 1.82) is 0 Å². The summed E-state index contributed by atoms with van der Waals surface area (Å²) < 4.78 is 5.61. The third kappa shape index (κ3) is 3.07. The maximum absolute atomic E-state index is 5.61. The van der Waals surface area contributed by atoms with E-state index in [4.69, 9.17) is 4.42 Å². The predicted octanol–water partition coefficient (Wildman–Crippen LogP) is 4.29. The lowest BCUT2D eigenvalue weighted by Gasteiger charge is -2.20. The van der Waals surface area contributed by atoms with Crippen LogP contribution in [0.4, 0.5) is 0 Å². The number of rotatable bonds is 5. The van der Waals surface area contributed by atoms with E-state index in [0.717, 1.165) is 18.7 Å². The van der Waals surface area contributed by atoms with Crippen LogP contribution in [-0.4, -0.2) is 6.54 Å². The van der Waals surface area contributed by atoms with Crippen molar-refractivity contribution >= 4 is 0 Å². The average molecular weight is 257 g/mol. The lowest BCUT2D eigenvalue weighted by atomic mass is 9.94. The van der Waals surface area contributed by atoms with Crippen LogP contribution in [0.2, 0.25) is 0 Å². The summed E-state index contributed by atoms with van der Waals surface area (Å²) in [5, 5.41) is 3.58. The Kier molecular flexibility index (Phi) is 4.43. The van der Waals surface area contributed by atoms with Gasteiger partial charge in [-0.3, -0.25) is 0 Å². The van der Waals surface area contributed by atoms with Gasteiger partial charge in [0, 0.05) is 0 Å². The van der Waals surface area contributed by atoms with Crippen molar-refractivity contribution in [2.75, 3.05) is 6.54 Å². The Morgan fingerprint density at radius 2 is 1.84 bits per heavy atom. The van der Waals surface area contributed by atoms with E-state index in [0.29, 0.717) is 0 Å². The Hall–Kier alpha value is -1.54. The van der Waals surface area contributed by atoms with Crippen LogP contribution in [0.5, 0.6) is 0 Å². The van der Waals surface area contributed by atoms with Gasteiger partial charge < -0.3 is 9.73 Å². The van der Waals surface area contributed by atoms with Crippen molar-refractivity contribution in [3.8, 4) is 0 Å². The highest BCUT2D eigenvalue weighted by atomic mass is 16.3. The van der Waals surface area contributed by atoms with Gasteiger partial charge in [0.1, 0.15) is 5.76 Å². The average Bonchev–Trinajstić information content (AvgIpc) is 2.89. The zero-order valence-corrected chi connectivity index (χ0v) is 12.3. The molecular formula is C17H23NO. The highest BCUT2D eigenvalue weighted by Crippen LogP contribution is 2.27. The Morgan fingerprint density at radius 1 is 1.11 bits per heavy atom. The Bertz CT molecular complexity index is 528. The molecule has 2 rings (SSSR count). The lowest BCUT2D eigenvalue weighted by molar-refractivity contribution is 0.445. The zero-order valence-electron chi connectivity index (χ0n) is 12.3. The molecule has 2 nitrogen and oxygen atoms in total. The predicted molar refractivity (Wildman–Crippen MR) is 79.5 cm³/mol. The molecular weight excluding hydrogens is 234 g/mol. The minimum absolute atomic E-state index is 0.147. The smallest absolute Gasteiger partial charge is 0.125 e. The van der Waals surface area contributed by atoms with Gasteiger partial charge in [0.05, 0.1) is 12.3 Å².